The van der Waals surface area contributed by atoms with Crippen LogP contribution in [0.1, 0.15) is 22.3 Å². The van der Waals surface area contributed by atoms with Gasteiger partial charge < -0.3 is 5.32 Å². The first-order chi connectivity index (χ1) is 14.9. The first-order valence-electron chi connectivity index (χ1n) is 9.63. The maximum absolute atomic E-state index is 13.1. The number of anilines is 1. The number of carbonyl (C=O) groups is 1. The number of nitrogens with zero attached hydrogens (tertiary/aromatic N) is 3. The Morgan fingerprint density at radius 1 is 1.23 bits per heavy atom. The number of aromatic amines is 1. The quantitative estimate of drug-likeness (QED) is 0.400. The lowest BCUT2D eigenvalue weighted by atomic mass is 10.0. The van der Waals surface area contributed by atoms with Crippen molar-refractivity contribution in [3.63, 3.8) is 0 Å². The number of hydrogen-bond donors (Lipinski definition) is 2. The molecule has 31 heavy (non-hydrogen) atoms. The van der Waals surface area contributed by atoms with Gasteiger partial charge in [-0.2, -0.15) is 5.10 Å². The minimum Gasteiger partial charge on any atom is -0.351 e. The summed E-state index contributed by atoms with van der Waals surface area (Å²) in [4.78, 5) is 16.7. The topological polar surface area (TPSA) is 108 Å². The summed E-state index contributed by atoms with van der Waals surface area (Å²) in [5, 5.41) is 10.6. The summed E-state index contributed by atoms with van der Waals surface area (Å²) in [6.07, 6.45) is 2.83. The fourth-order valence-electron chi connectivity index (χ4n) is 3.37. The Morgan fingerprint density at radius 3 is 2.77 bits per heavy atom. The van der Waals surface area contributed by atoms with E-state index in [0.717, 1.165) is 5.56 Å². The molecule has 0 radical (unpaired) electrons. The minimum absolute atomic E-state index is 0.191. The fourth-order valence-corrected chi connectivity index (χ4v) is 5.67. The number of carbonyl (C=O) groups excluding carboxylic acids is 1. The van der Waals surface area contributed by atoms with E-state index in [4.69, 9.17) is 11.6 Å². The Balaban J connectivity index is 1.46. The molecule has 0 bridgehead atoms. The molecule has 0 fully saturated rings. The van der Waals surface area contributed by atoms with Crippen LogP contribution in [0.5, 0.6) is 0 Å². The number of nitrogens with one attached hydrogen (secondary N) is 2. The van der Waals surface area contributed by atoms with Gasteiger partial charge in [-0.05, 0) is 60.9 Å². The van der Waals surface area contributed by atoms with Crippen LogP contribution < -0.4 is 9.62 Å². The lowest BCUT2D eigenvalue weighted by Gasteiger charge is -2.30. The van der Waals surface area contributed by atoms with Crippen molar-refractivity contribution in [3.05, 3.63) is 64.9 Å². The van der Waals surface area contributed by atoms with E-state index in [1.54, 1.807) is 30.3 Å². The SMILES string of the molecule is O=C(NCCSc1ncn[nH]1)c1ccc2c(c1)CCCN2S(=O)(=O)c1ccc(Cl)cc1. The van der Waals surface area contributed by atoms with E-state index in [9.17, 15) is 13.2 Å². The average molecular weight is 478 g/mol. The maximum atomic E-state index is 13.1. The zero-order valence-electron chi connectivity index (χ0n) is 16.4. The summed E-state index contributed by atoms with van der Waals surface area (Å²) in [5.41, 5.74) is 1.96. The van der Waals surface area contributed by atoms with Crippen LogP contribution in [0.25, 0.3) is 0 Å². The maximum Gasteiger partial charge on any atom is 0.264 e. The molecule has 2 aromatic carbocycles. The number of rotatable bonds is 7. The molecule has 0 atom stereocenters. The summed E-state index contributed by atoms with van der Waals surface area (Å²) in [7, 11) is -3.71. The highest BCUT2D eigenvalue weighted by atomic mass is 35.5. The third-order valence-electron chi connectivity index (χ3n) is 4.84. The molecule has 8 nitrogen and oxygen atoms in total. The third-order valence-corrected chi connectivity index (χ3v) is 7.80. The Labute approximate surface area is 189 Å². The summed E-state index contributed by atoms with van der Waals surface area (Å²) >= 11 is 7.36. The Kier molecular flexibility index (Phi) is 6.49. The summed E-state index contributed by atoms with van der Waals surface area (Å²) in [6.45, 7) is 0.862. The Morgan fingerprint density at radius 2 is 2.03 bits per heavy atom. The highest BCUT2D eigenvalue weighted by molar-refractivity contribution is 7.99. The van der Waals surface area contributed by atoms with Crippen molar-refractivity contribution in [2.45, 2.75) is 22.9 Å². The van der Waals surface area contributed by atoms with E-state index in [0.29, 0.717) is 53.1 Å². The number of amides is 1. The van der Waals surface area contributed by atoms with Crippen LogP contribution in [0, 0.1) is 0 Å². The zero-order chi connectivity index (χ0) is 21.8. The third kappa shape index (κ3) is 4.86. The van der Waals surface area contributed by atoms with Gasteiger partial charge >= 0.3 is 0 Å². The number of benzene rings is 2. The van der Waals surface area contributed by atoms with Gasteiger partial charge in [0.05, 0.1) is 10.6 Å². The van der Waals surface area contributed by atoms with Crippen LogP contribution in [0.2, 0.25) is 5.02 Å². The van der Waals surface area contributed by atoms with Gasteiger partial charge in [-0.25, -0.2) is 13.4 Å². The number of H-pyrrole nitrogens is 1. The first-order valence-corrected chi connectivity index (χ1v) is 12.4. The van der Waals surface area contributed by atoms with E-state index >= 15 is 0 Å². The van der Waals surface area contributed by atoms with Gasteiger partial charge in [-0.1, -0.05) is 23.4 Å². The number of fused-ring (bicyclic) bond motifs is 1. The van der Waals surface area contributed by atoms with Crippen molar-refractivity contribution in [2.24, 2.45) is 0 Å². The van der Waals surface area contributed by atoms with Gasteiger partial charge in [0.25, 0.3) is 15.9 Å². The molecular formula is C20H20ClN5O3S2. The molecule has 162 valence electrons. The minimum atomic E-state index is -3.71. The Bertz CT molecular complexity index is 1170. The number of hydrogen-bond acceptors (Lipinski definition) is 6. The predicted molar refractivity (Wildman–Crippen MR) is 120 cm³/mol. The highest BCUT2D eigenvalue weighted by Gasteiger charge is 2.29. The van der Waals surface area contributed by atoms with E-state index in [2.05, 4.69) is 20.5 Å². The standard InChI is InChI=1S/C20H20ClN5O3S2/c21-16-4-6-17(7-5-16)31(28,29)26-10-1-2-14-12-15(3-8-18(14)26)19(27)22-9-11-30-20-23-13-24-25-20/h3-8,12-13H,1-2,9-11H2,(H,22,27)(H,23,24,25). The van der Waals surface area contributed by atoms with E-state index in [1.807, 2.05) is 0 Å². The van der Waals surface area contributed by atoms with Gasteiger partial charge in [0.2, 0.25) is 0 Å². The molecule has 11 heteroatoms. The van der Waals surface area contributed by atoms with E-state index in [1.165, 1.54) is 34.5 Å². The number of aromatic nitrogens is 3. The molecule has 1 amide bonds. The van der Waals surface area contributed by atoms with Crippen LogP contribution in [0.4, 0.5) is 5.69 Å². The Hall–Kier alpha value is -2.56. The zero-order valence-corrected chi connectivity index (χ0v) is 18.8. The molecule has 3 aromatic rings. The second-order valence-electron chi connectivity index (χ2n) is 6.87. The van der Waals surface area contributed by atoms with Crippen LogP contribution in [-0.4, -0.2) is 48.3 Å². The number of thioether (sulfide) groups is 1. The second kappa shape index (κ2) is 9.29. The number of aryl methyl sites for hydroxylation is 1. The van der Waals surface area contributed by atoms with E-state index < -0.39 is 10.0 Å². The van der Waals surface area contributed by atoms with Crippen LogP contribution in [-0.2, 0) is 16.4 Å². The molecule has 1 aliphatic rings. The average Bonchev–Trinajstić information content (AvgIpc) is 3.29. The number of halogens is 1. The molecule has 0 unspecified atom stereocenters. The predicted octanol–water partition coefficient (Wildman–Crippen LogP) is 3.12. The van der Waals surface area contributed by atoms with Gasteiger partial charge in [-0.3, -0.25) is 14.2 Å². The molecular weight excluding hydrogens is 458 g/mol. The molecule has 0 saturated heterocycles. The van der Waals surface area contributed by atoms with Crippen molar-refractivity contribution >= 4 is 45.0 Å². The van der Waals surface area contributed by atoms with E-state index in [-0.39, 0.29) is 10.8 Å². The second-order valence-corrected chi connectivity index (χ2v) is 10.3. The van der Waals surface area contributed by atoms with Crippen molar-refractivity contribution < 1.29 is 13.2 Å². The lowest BCUT2D eigenvalue weighted by Crippen LogP contribution is -2.35. The van der Waals surface area contributed by atoms with Crippen molar-refractivity contribution in [1.29, 1.82) is 0 Å². The van der Waals surface area contributed by atoms with Crippen LogP contribution in [0.3, 0.4) is 0 Å². The van der Waals surface area contributed by atoms with Gasteiger partial charge in [0.1, 0.15) is 6.33 Å². The molecule has 0 spiro atoms. The molecule has 2 heterocycles. The smallest absolute Gasteiger partial charge is 0.264 e. The molecule has 2 N–H and O–H groups in total. The molecule has 0 saturated carbocycles. The van der Waals surface area contributed by atoms with Crippen LogP contribution in [0.15, 0.2) is 58.8 Å². The van der Waals surface area contributed by atoms with Crippen molar-refractivity contribution in [2.75, 3.05) is 23.1 Å². The van der Waals surface area contributed by atoms with Gasteiger partial charge in [-0.15, -0.1) is 0 Å². The molecule has 4 rings (SSSR count). The van der Waals surface area contributed by atoms with Gasteiger partial charge in [0.15, 0.2) is 5.16 Å². The van der Waals surface area contributed by atoms with Crippen LogP contribution >= 0.6 is 23.4 Å². The molecule has 0 aliphatic carbocycles. The monoisotopic (exact) mass is 477 g/mol. The first kappa shape index (κ1) is 21.7. The lowest BCUT2D eigenvalue weighted by molar-refractivity contribution is 0.0956. The summed E-state index contributed by atoms with van der Waals surface area (Å²) < 4.78 is 27.7. The number of sulfonamides is 1. The fraction of sp³-hybridized carbons (Fsp3) is 0.250. The van der Waals surface area contributed by atoms with Crippen molar-refractivity contribution in [1.82, 2.24) is 20.5 Å². The molecule has 1 aliphatic heterocycles. The largest absolute Gasteiger partial charge is 0.351 e. The highest BCUT2D eigenvalue weighted by Crippen LogP contribution is 2.33. The van der Waals surface area contributed by atoms with Gasteiger partial charge in [0, 0.05) is 29.4 Å². The van der Waals surface area contributed by atoms with Crippen molar-refractivity contribution in [3.8, 4) is 0 Å². The normalized spacial score (nSPS) is 13.6. The molecule has 1 aromatic heterocycles. The summed E-state index contributed by atoms with van der Waals surface area (Å²) in [6, 6.07) is 11.3. The summed E-state index contributed by atoms with van der Waals surface area (Å²) in [5.74, 6) is 0.456.